The van der Waals surface area contributed by atoms with Gasteiger partial charge in [-0.15, -0.1) is 0 Å². The zero-order chi connectivity index (χ0) is 18.5. The zero-order valence-corrected chi connectivity index (χ0v) is 16.8. The van der Waals surface area contributed by atoms with Crippen LogP contribution in [0.15, 0.2) is 30.3 Å². The normalized spacial score (nSPS) is 15.2. The second-order valence-electron chi connectivity index (χ2n) is 6.96. The van der Waals surface area contributed by atoms with Crippen molar-refractivity contribution in [3.63, 3.8) is 0 Å². The van der Waals surface area contributed by atoms with Crippen molar-refractivity contribution in [3.8, 4) is 0 Å². The van der Waals surface area contributed by atoms with Crippen LogP contribution in [0.1, 0.15) is 11.1 Å². The van der Waals surface area contributed by atoms with Gasteiger partial charge in [-0.25, -0.2) is 14.4 Å². The summed E-state index contributed by atoms with van der Waals surface area (Å²) < 4.78 is 15.6. The molecule has 0 unspecified atom stereocenters. The fourth-order valence-electron chi connectivity index (χ4n) is 3.49. The van der Waals surface area contributed by atoms with E-state index in [0.29, 0.717) is 0 Å². The average molecular weight is 399 g/mol. The Morgan fingerprint density at radius 1 is 0.852 bits per heavy atom. The summed E-state index contributed by atoms with van der Waals surface area (Å²) in [6, 6.07) is 9.12. The monoisotopic (exact) mass is 398 g/mol. The fourth-order valence-corrected chi connectivity index (χ4v) is 5.70. The molecule has 0 aliphatic carbocycles. The van der Waals surface area contributed by atoms with Crippen LogP contribution < -0.4 is 9.80 Å². The van der Waals surface area contributed by atoms with Gasteiger partial charge in [-0.3, -0.25) is 0 Å². The minimum atomic E-state index is -0.205. The van der Waals surface area contributed by atoms with Gasteiger partial charge < -0.3 is 9.80 Å². The van der Waals surface area contributed by atoms with E-state index in [1.54, 1.807) is 34.8 Å². The predicted octanol–water partition coefficient (Wildman–Crippen LogP) is 4.99. The van der Waals surface area contributed by atoms with E-state index in [1.165, 1.54) is 21.9 Å². The maximum atomic E-state index is 13.4. The summed E-state index contributed by atoms with van der Waals surface area (Å²) in [6.07, 6.45) is 0. The number of hydrogen-bond donors (Lipinski definition) is 0. The molecule has 4 aromatic rings. The molecule has 138 valence electrons. The highest BCUT2D eigenvalue weighted by atomic mass is 32.1. The molecule has 0 N–H and O–H groups in total. The van der Waals surface area contributed by atoms with Crippen molar-refractivity contribution >= 4 is 53.4 Å². The SMILES string of the molecule is Cc1ccc(C)c2sc(N3CCN(c4nc5ccc(F)cc5s4)CC3)nc12. The third-order valence-corrected chi connectivity index (χ3v) is 7.42. The van der Waals surface area contributed by atoms with Gasteiger partial charge in [0.2, 0.25) is 0 Å². The minimum absolute atomic E-state index is 0.205. The number of aryl methyl sites for hydroxylation is 2. The van der Waals surface area contributed by atoms with Crippen molar-refractivity contribution in [2.45, 2.75) is 13.8 Å². The molecule has 27 heavy (non-hydrogen) atoms. The predicted molar refractivity (Wildman–Crippen MR) is 113 cm³/mol. The molecular weight excluding hydrogens is 379 g/mol. The number of nitrogens with zero attached hydrogens (tertiary/aromatic N) is 4. The van der Waals surface area contributed by atoms with E-state index in [1.807, 2.05) is 0 Å². The molecule has 3 heterocycles. The summed E-state index contributed by atoms with van der Waals surface area (Å²) in [5, 5.41) is 2.08. The van der Waals surface area contributed by atoms with Crippen LogP contribution in [0.4, 0.5) is 14.7 Å². The first kappa shape index (κ1) is 16.9. The number of thiazole rings is 2. The molecule has 1 saturated heterocycles. The first-order valence-electron chi connectivity index (χ1n) is 9.01. The molecule has 1 aliphatic rings. The second-order valence-corrected chi connectivity index (χ2v) is 8.94. The van der Waals surface area contributed by atoms with Crippen molar-refractivity contribution < 1.29 is 4.39 Å². The Kier molecular flexibility index (Phi) is 4.02. The third-order valence-electron chi connectivity index (χ3n) is 5.09. The molecule has 7 heteroatoms. The van der Waals surface area contributed by atoms with Crippen LogP contribution in [0, 0.1) is 19.7 Å². The van der Waals surface area contributed by atoms with Crippen LogP contribution in [-0.2, 0) is 0 Å². The van der Waals surface area contributed by atoms with E-state index in [0.717, 1.165) is 52.2 Å². The number of halogens is 1. The quantitative estimate of drug-likeness (QED) is 0.476. The summed E-state index contributed by atoms with van der Waals surface area (Å²) in [5.41, 5.74) is 4.53. The Hall–Kier alpha value is -2.25. The third kappa shape index (κ3) is 2.95. The lowest BCUT2D eigenvalue weighted by Crippen LogP contribution is -2.46. The highest BCUT2D eigenvalue weighted by molar-refractivity contribution is 7.22. The van der Waals surface area contributed by atoms with Crippen LogP contribution in [-0.4, -0.2) is 36.1 Å². The highest BCUT2D eigenvalue weighted by Crippen LogP contribution is 2.34. The van der Waals surface area contributed by atoms with Gasteiger partial charge in [0.25, 0.3) is 0 Å². The summed E-state index contributed by atoms with van der Waals surface area (Å²) >= 11 is 3.35. The summed E-state index contributed by atoms with van der Waals surface area (Å²) in [4.78, 5) is 14.3. The highest BCUT2D eigenvalue weighted by Gasteiger charge is 2.22. The van der Waals surface area contributed by atoms with Gasteiger partial charge in [-0.05, 0) is 43.2 Å². The number of aromatic nitrogens is 2. The lowest BCUT2D eigenvalue weighted by atomic mass is 10.1. The Bertz CT molecular complexity index is 1100. The Morgan fingerprint density at radius 3 is 2.22 bits per heavy atom. The molecule has 2 aromatic heterocycles. The van der Waals surface area contributed by atoms with Gasteiger partial charge in [-0.2, -0.15) is 0 Å². The molecule has 2 aromatic carbocycles. The van der Waals surface area contributed by atoms with Crippen LogP contribution in [0.2, 0.25) is 0 Å². The lowest BCUT2D eigenvalue weighted by molar-refractivity contribution is 0.630. The summed E-state index contributed by atoms with van der Waals surface area (Å²) in [5.74, 6) is -0.205. The molecule has 0 bridgehead atoms. The van der Waals surface area contributed by atoms with Crippen molar-refractivity contribution in [2.75, 3.05) is 36.0 Å². The molecular formula is C20H19FN4S2. The Labute approximate surface area is 164 Å². The van der Waals surface area contributed by atoms with Gasteiger partial charge in [-0.1, -0.05) is 34.8 Å². The molecule has 1 aliphatic heterocycles. The maximum Gasteiger partial charge on any atom is 0.186 e. The zero-order valence-electron chi connectivity index (χ0n) is 15.2. The van der Waals surface area contributed by atoms with Crippen LogP contribution in [0.25, 0.3) is 20.4 Å². The van der Waals surface area contributed by atoms with Gasteiger partial charge in [0.05, 0.1) is 20.4 Å². The molecule has 0 spiro atoms. The number of benzene rings is 2. The van der Waals surface area contributed by atoms with Crippen LogP contribution >= 0.6 is 22.7 Å². The van der Waals surface area contributed by atoms with E-state index in [9.17, 15) is 4.39 Å². The number of anilines is 2. The average Bonchev–Trinajstić information content (AvgIpc) is 3.30. The fraction of sp³-hybridized carbons (Fsp3) is 0.300. The molecule has 4 nitrogen and oxygen atoms in total. The molecule has 0 amide bonds. The smallest absolute Gasteiger partial charge is 0.186 e. The van der Waals surface area contributed by atoms with Gasteiger partial charge in [0, 0.05) is 26.2 Å². The first-order valence-corrected chi connectivity index (χ1v) is 10.6. The Balaban J connectivity index is 1.36. The van der Waals surface area contributed by atoms with E-state index < -0.39 is 0 Å². The second kappa shape index (κ2) is 6.42. The lowest BCUT2D eigenvalue weighted by Gasteiger charge is -2.34. The van der Waals surface area contributed by atoms with E-state index in [-0.39, 0.29) is 5.82 Å². The maximum absolute atomic E-state index is 13.4. The van der Waals surface area contributed by atoms with E-state index >= 15 is 0 Å². The van der Waals surface area contributed by atoms with Gasteiger partial charge >= 0.3 is 0 Å². The topological polar surface area (TPSA) is 32.3 Å². The van der Waals surface area contributed by atoms with E-state index in [4.69, 9.17) is 4.98 Å². The van der Waals surface area contributed by atoms with Crippen LogP contribution in [0.5, 0.6) is 0 Å². The minimum Gasteiger partial charge on any atom is -0.345 e. The molecule has 5 rings (SSSR count). The van der Waals surface area contributed by atoms with E-state index in [2.05, 4.69) is 40.8 Å². The summed E-state index contributed by atoms with van der Waals surface area (Å²) in [6.45, 7) is 7.91. The molecule has 1 fully saturated rings. The van der Waals surface area contributed by atoms with Crippen molar-refractivity contribution in [1.29, 1.82) is 0 Å². The van der Waals surface area contributed by atoms with Crippen molar-refractivity contribution in [2.24, 2.45) is 0 Å². The number of fused-ring (bicyclic) bond motifs is 2. The van der Waals surface area contributed by atoms with Gasteiger partial charge in [0.15, 0.2) is 10.3 Å². The van der Waals surface area contributed by atoms with Crippen molar-refractivity contribution in [1.82, 2.24) is 9.97 Å². The van der Waals surface area contributed by atoms with Crippen molar-refractivity contribution in [3.05, 3.63) is 47.3 Å². The largest absolute Gasteiger partial charge is 0.345 e. The Morgan fingerprint density at radius 2 is 1.52 bits per heavy atom. The number of hydrogen-bond acceptors (Lipinski definition) is 6. The van der Waals surface area contributed by atoms with Crippen LogP contribution in [0.3, 0.4) is 0 Å². The van der Waals surface area contributed by atoms with Gasteiger partial charge in [0.1, 0.15) is 5.82 Å². The first-order chi connectivity index (χ1) is 13.1. The molecule has 0 saturated carbocycles. The molecule has 0 atom stereocenters. The molecule has 0 radical (unpaired) electrons. The number of piperazine rings is 1. The number of rotatable bonds is 2. The summed E-state index contributed by atoms with van der Waals surface area (Å²) in [7, 11) is 0. The standard InChI is InChI=1S/C20H19FN4S2/c1-12-3-4-13(2)18-17(12)23-20(27-18)25-9-7-24(8-10-25)19-22-15-6-5-14(21)11-16(15)26-19/h3-6,11H,7-10H2,1-2H3.